The lowest BCUT2D eigenvalue weighted by molar-refractivity contribution is -0.143. The molecule has 15 heteroatoms. The molecule has 3 rings (SSSR count). The Morgan fingerprint density at radius 2 is 1.45 bits per heavy atom. The minimum atomic E-state index is -5.16. The van der Waals surface area contributed by atoms with E-state index in [1.54, 1.807) is 13.8 Å². The number of carbonyl (C=O) groups is 2. The molecule has 0 aliphatic carbocycles. The lowest BCUT2D eigenvalue weighted by atomic mass is 9.88. The van der Waals surface area contributed by atoms with Crippen molar-refractivity contribution in [2.24, 2.45) is 0 Å². The van der Waals surface area contributed by atoms with Gasteiger partial charge in [0.1, 0.15) is 0 Å². The molecule has 0 saturated carbocycles. The predicted octanol–water partition coefficient (Wildman–Crippen LogP) is 7.60. The van der Waals surface area contributed by atoms with Crippen molar-refractivity contribution in [3.05, 3.63) is 64.2 Å². The third-order valence-corrected chi connectivity index (χ3v) is 6.51. The highest BCUT2D eigenvalue weighted by molar-refractivity contribution is 5.91. The van der Waals surface area contributed by atoms with Gasteiger partial charge in [0, 0.05) is 20.6 Å². The number of halogens is 9. The largest absolute Gasteiger partial charge is 0.446 e. The second-order valence-corrected chi connectivity index (χ2v) is 10.00. The Bertz CT molecular complexity index is 1270. The second kappa shape index (κ2) is 12.0. The number of carbonyl (C=O) groups excluding carboxylic acids is 2. The molecule has 6 nitrogen and oxygen atoms in total. The fourth-order valence-corrected chi connectivity index (χ4v) is 4.79. The highest BCUT2D eigenvalue weighted by Gasteiger charge is 2.43. The first-order valence-electron chi connectivity index (χ1n) is 12.5. The van der Waals surface area contributed by atoms with Gasteiger partial charge in [-0.2, -0.15) is 39.5 Å². The molecule has 0 radical (unpaired) electrons. The average molecular weight is 615 g/mol. The molecule has 0 N–H and O–H groups in total. The van der Waals surface area contributed by atoms with Crippen molar-refractivity contribution in [1.82, 2.24) is 4.90 Å². The van der Waals surface area contributed by atoms with Crippen LogP contribution in [-0.4, -0.2) is 42.8 Å². The standard InChI is InChI=1S/C27H27F9N2O4/c1-14(2)42-24(40)38-20(13-41-4)11-23(21-10-17(25(28,29)30)5-6-22(21)38)37(15(3)39)12-16-7-18(26(31,32)33)9-19(8-16)27(34,35)36/h5-10,14,20,23H,11-13H2,1-4H3. The van der Waals surface area contributed by atoms with Crippen LogP contribution in [0.4, 0.5) is 50.0 Å². The number of anilines is 1. The fraction of sp³-hybridized carbons (Fsp3) is 0.481. The van der Waals surface area contributed by atoms with Crippen LogP contribution in [0, 0.1) is 0 Å². The van der Waals surface area contributed by atoms with Crippen molar-refractivity contribution in [3.63, 3.8) is 0 Å². The molecule has 2 amide bonds. The van der Waals surface area contributed by atoms with Gasteiger partial charge in [-0.05, 0) is 67.8 Å². The first-order valence-corrected chi connectivity index (χ1v) is 12.5. The molecule has 0 saturated heterocycles. The zero-order valence-corrected chi connectivity index (χ0v) is 22.7. The minimum absolute atomic E-state index is 0.0695. The summed E-state index contributed by atoms with van der Waals surface area (Å²) in [5, 5.41) is 0. The highest BCUT2D eigenvalue weighted by atomic mass is 19.4. The zero-order valence-electron chi connectivity index (χ0n) is 22.7. The molecule has 0 bridgehead atoms. The number of alkyl halides is 9. The van der Waals surface area contributed by atoms with E-state index in [9.17, 15) is 49.1 Å². The van der Waals surface area contributed by atoms with Gasteiger partial charge in [0.25, 0.3) is 0 Å². The monoisotopic (exact) mass is 614 g/mol. The molecule has 232 valence electrons. The summed E-state index contributed by atoms with van der Waals surface area (Å²) in [6.07, 6.45) is -17.0. The van der Waals surface area contributed by atoms with E-state index in [1.165, 1.54) is 7.11 Å². The SMILES string of the molecule is COCC1CC(N(Cc2cc(C(F)(F)F)cc(C(F)(F)F)c2)C(C)=O)c2cc(C(F)(F)F)ccc2N1C(=O)OC(C)C. The Morgan fingerprint density at radius 3 is 1.90 bits per heavy atom. The van der Waals surface area contributed by atoms with Crippen LogP contribution in [0.3, 0.4) is 0 Å². The van der Waals surface area contributed by atoms with Crippen molar-refractivity contribution in [1.29, 1.82) is 0 Å². The quantitative estimate of drug-likeness (QED) is 0.315. The molecule has 1 aliphatic heterocycles. The molecule has 0 fully saturated rings. The molecule has 2 aromatic rings. The normalized spacial score (nSPS) is 17.7. The van der Waals surface area contributed by atoms with Crippen molar-refractivity contribution >= 4 is 17.7 Å². The average Bonchev–Trinajstić information content (AvgIpc) is 2.84. The lowest BCUT2D eigenvalue weighted by Gasteiger charge is -2.44. The van der Waals surface area contributed by atoms with Gasteiger partial charge in [0.2, 0.25) is 5.91 Å². The van der Waals surface area contributed by atoms with E-state index in [1.807, 2.05) is 0 Å². The van der Waals surface area contributed by atoms with Crippen molar-refractivity contribution in [2.45, 2.75) is 70.5 Å². The van der Waals surface area contributed by atoms with Gasteiger partial charge in [-0.3, -0.25) is 9.69 Å². The Labute approximate surface area is 235 Å². The van der Waals surface area contributed by atoms with E-state index in [2.05, 4.69) is 0 Å². The molecule has 0 spiro atoms. The van der Waals surface area contributed by atoms with Gasteiger partial charge in [-0.1, -0.05) is 0 Å². The summed E-state index contributed by atoms with van der Waals surface area (Å²) in [5.74, 6) is -0.844. The van der Waals surface area contributed by atoms with Crippen LogP contribution in [0.25, 0.3) is 0 Å². The Morgan fingerprint density at radius 1 is 0.905 bits per heavy atom. The topological polar surface area (TPSA) is 59.1 Å². The number of benzene rings is 2. The number of rotatable bonds is 6. The van der Waals surface area contributed by atoms with Crippen LogP contribution >= 0.6 is 0 Å². The Balaban J connectivity index is 2.21. The van der Waals surface area contributed by atoms with Gasteiger partial charge in [0.05, 0.1) is 47.2 Å². The van der Waals surface area contributed by atoms with Crippen LogP contribution < -0.4 is 4.90 Å². The molecule has 42 heavy (non-hydrogen) atoms. The summed E-state index contributed by atoms with van der Waals surface area (Å²) in [6, 6.07) is 0.999. The van der Waals surface area contributed by atoms with E-state index in [-0.39, 0.29) is 30.3 Å². The van der Waals surface area contributed by atoms with Crippen molar-refractivity contribution in [2.75, 3.05) is 18.6 Å². The molecular weight excluding hydrogens is 587 g/mol. The summed E-state index contributed by atoms with van der Waals surface area (Å²) in [6.45, 7) is 3.09. The van der Waals surface area contributed by atoms with E-state index in [4.69, 9.17) is 9.47 Å². The number of nitrogens with zero attached hydrogens (tertiary/aromatic N) is 2. The Kier molecular flexibility index (Phi) is 9.45. The predicted molar refractivity (Wildman–Crippen MR) is 131 cm³/mol. The summed E-state index contributed by atoms with van der Waals surface area (Å²) in [5.41, 5.74) is -5.20. The molecule has 2 atom stereocenters. The summed E-state index contributed by atoms with van der Waals surface area (Å²) in [7, 11) is 1.28. The molecular formula is C27H27F9N2O4. The van der Waals surface area contributed by atoms with E-state index in [0.717, 1.165) is 22.8 Å². The maximum absolute atomic E-state index is 13.7. The van der Waals surface area contributed by atoms with E-state index < -0.39 is 77.5 Å². The van der Waals surface area contributed by atoms with Gasteiger partial charge in [-0.25, -0.2) is 4.79 Å². The van der Waals surface area contributed by atoms with E-state index in [0.29, 0.717) is 24.3 Å². The van der Waals surface area contributed by atoms with Crippen molar-refractivity contribution < 1.29 is 58.6 Å². The van der Waals surface area contributed by atoms with Gasteiger partial charge in [0.15, 0.2) is 0 Å². The van der Waals surface area contributed by atoms with Gasteiger partial charge in [-0.15, -0.1) is 0 Å². The third kappa shape index (κ3) is 7.47. The van der Waals surface area contributed by atoms with Gasteiger partial charge < -0.3 is 14.4 Å². The zero-order chi connectivity index (χ0) is 31.8. The fourth-order valence-electron chi connectivity index (χ4n) is 4.79. The first-order chi connectivity index (χ1) is 19.2. The van der Waals surface area contributed by atoms with Crippen LogP contribution in [0.5, 0.6) is 0 Å². The summed E-state index contributed by atoms with van der Waals surface area (Å²) < 4.78 is 132. The molecule has 1 heterocycles. The van der Waals surface area contributed by atoms with Crippen molar-refractivity contribution in [3.8, 4) is 0 Å². The number of fused-ring (bicyclic) bond motifs is 1. The summed E-state index contributed by atoms with van der Waals surface area (Å²) in [4.78, 5) is 27.8. The number of amides is 2. The maximum Gasteiger partial charge on any atom is 0.416 e. The third-order valence-electron chi connectivity index (χ3n) is 6.51. The van der Waals surface area contributed by atoms with Crippen LogP contribution in [-0.2, 0) is 39.3 Å². The molecule has 2 unspecified atom stereocenters. The lowest BCUT2D eigenvalue weighted by Crippen LogP contribution is -2.50. The number of ether oxygens (including phenoxy) is 2. The van der Waals surface area contributed by atoms with Crippen LogP contribution in [0.2, 0.25) is 0 Å². The van der Waals surface area contributed by atoms with Gasteiger partial charge >= 0.3 is 24.6 Å². The first kappa shape index (κ1) is 33.0. The maximum atomic E-state index is 13.7. The Hall–Kier alpha value is -3.49. The minimum Gasteiger partial charge on any atom is -0.446 e. The van der Waals surface area contributed by atoms with Crippen LogP contribution in [0.15, 0.2) is 36.4 Å². The molecule has 2 aromatic carbocycles. The van der Waals surface area contributed by atoms with E-state index >= 15 is 0 Å². The number of hydrogen-bond donors (Lipinski definition) is 0. The van der Waals surface area contributed by atoms with Crippen LogP contribution in [0.1, 0.15) is 61.1 Å². The number of methoxy groups -OCH3 is 1. The molecule has 0 aromatic heterocycles. The smallest absolute Gasteiger partial charge is 0.416 e. The highest BCUT2D eigenvalue weighted by Crippen LogP contribution is 2.45. The second-order valence-electron chi connectivity index (χ2n) is 10.00. The summed E-state index contributed by atoms with van der Waals surface area (Å²) >= 11 is 0. The molecule has 1 aliphatic rings. The number of hydrogen-bond acceptors (Lipinski definition) is 4.